The number of sulfone groups is 1. The van der Waals surface area contributed by atoms with Crippen molar-refractivity contribution in [3.8, 4) is 0 Å². The van der Waals surface area contributed by atoms with E-state index in [1.54, 1.807) is 0 Å². The Morgan fingerprint density at radius 1 is 1.04 bits per heavy atom. The van der Waals surface area contributed by atoms with E-state index in [9.17, 15) is 26.9 Å². The Balaban J connectivity index is 2.37. The standard InChI is InChI=1S/C15H16N2O6S2/c1-3-24(20,21)14-8-5-12(6-9-14)16-25(22,23)15-10-13(17(18)19)7-4-11(15)2/h4-10,16H,3H2,1-2H3. The van der Waals surface area contributed by atoms with E-state index in [-0.39, 0.29) is 26.9 Å². The van der Waals surface area contributed by atoms with E-state index in [0.29, 0.717) is 5.56 Å². The number of hydrogen-bond acceptors (Lipinski definition) is 6. The highest BCUT2D eigenvalue weighted by molar-refractivity contribution is 7.92. The molecule has 0 fully saturated rings. The van der Waals surface area contributed by atoms with Gasteiger partial charge in [0.25, 0.3) is 15.7 Å². The smallest absolute Gasteiger partial charge is 0.270 e. The molecule has 25 heavy (non-hydrogen) atoms. The summed E-state index contributed by atoms with van der Waals surface area (Å²) in [6, 6.07) is 8.81. The number of sulfonamides is 1. The van der Waals surface area contributed by atoms with Crippen LogP contribution in [0, 0.1) is 17.0 Å². The maximum atomic E-state index is 12.5. The number of hydrogen-bond donors (Lipinski definition) is 1. The largest absolute Gasteiger partial charge is 0.280 e. The summed E-state index contributed by atoms with van der Waals surface area (Å²) in [6.45, 7) is 3.03. The fourth-order valence-electron chi connectivity index (χ4n) is 2.10. The van der Waals surface area contributed by atoms with Crippen LogP contribution in [0.1, 0.15) is 12.5 Å². The molecule has 0 atom stereocenters. The zero-order chi connectivity index (χ0) is 18.8. The van der Waals surface area contributed by atoms with Crippen molar-refractivity contribution in [2.24, 2.45) is 0 Å². The minimum absolute atomic E-state index is 0.0645. The molecule has 2 rings (SSSR count). The Morgan fingerprint density at radius 3 is 2.16 bits per heavy atom. The van der Waals surface area contributed by atoms with Gasteiger partial charge in [0.05, 0.1) is 20.5 Å². The topological polar surface area (TPSA) is 123 Å². The van der Waals surface area contributed by atoms with Gasteiger partial charge in [-0.2, -0.15) is 0 Å². The summed E-state index contributed by atoms with van der Waals surface area (Å²) in [7, 11) is -7.44. The van der Waals surface area contributed by atoms with Crippen molar-refractivity contribution in [3.05, 3.63) is 58.1 Å². The fourth-order valence-corrected chi connectivity index (χ4v) is 4.31. The normalized spacial score (nSPS) is 11.9. The molecule has 1 N–H and O–H groups in total. The lowest BCUT2D eigenvalue weighted by Crippen LogP contribution is -2.14. The van der Waals surface area contributed by atoms with Crippen LogP contribution in [-0.4, -0.2) is 27.5 Å². The van der Waals surface area contributed by atoms with Crippen LogP contribution in [0.15, 0.2) is 52.3 Å². The molecule has 0 bridgehead atoms. The van der Waals surface area contributed by atoms with Crippen molar-refractivity contribution in [1.29, 1.82) is 0 Å². The third kappa shape index (κ3) is 4.15. The Labute approximate surface area is 145 Å². The van der Waals surface area contributed by atoms with Gasteiger partial charge in [0, 0.05) is 17.8 Å². The summed E-state index contributed by atoms with van der Waals surface area (Å²) in [4.78, 5) is 10.0. The molecule has 2 aromatic rings. The second-order valence-corrected chi connectivity index (χ2v) is 9.17. The fraction of sp³-hybridized carbons (Fsp3) is 0.200. The van der Waals surface area contributed by atoms with E-state index in [0.717, 1.165) is 6.07 Å². The molecule has 10 heteroatoms. The molecule has 0 heterocycles. The summed E-state index contributed by atoms with van der Waals surface area (Å²) < 4.78 is 50.8. The molecule has 0 saturated heterocycles. The van der Waals surface area contributed by atoms with Gasteiger partial charge in [0.2, 0.25) is 0 Å². The van der Waals surface area contributed by atoms with Crippen molar-refractivity contribution in [3.63, 3.8) is 0 Å². The second kappa shape index (κ2) is 6.81. The van der Waals surface area contributed by atoms with Crippen LogP contribution in [0.3, 0.4) is 0 Å². The Kier molecular flexibility index (Phi) is 5.14. The number of non-ortho nitro benzene ring substituents is 1. The lowest BCUT2D eigenvalue weighted by atomic mass is 10.2. The molecule has 0 radical (unpaired) electrons. The van der Waals surface area contributed by atoms with Crippen molar-refractivity contribution < 1.29 is 21.8 Å². The van der Waals surface area contributed by atoms with Crippen LogP contribution in [0.4, 0.5) is 11.4 Å². The SMILES string of the molecule is CCS(=O)(=O)c1ccc(NS(=O)(=O)c2cc([N+](=O)[O-])ccc2C)cc1. The van der Waals surface area contributed by atoms with Gasteiger partial charge in [-0.1, -0.05) is 13.0 Å². The molecule has 134 valence electrons. The average Bonchev–Trinajstić information content (AvgIpc) is 2.55. The van der Waals surface area contributed by atoms with Gasteiger partial charge < -0.3 is 0 Å². The lowest BCUT2D eigenvalue weighted by molar-refractivity contribution is -0.385. The maximum Gasteiger partial charge on any atom is 0.270 e. The van der Waals surface area contributed by atoms with E-state index in [1.807, 2.05) is 0 Å². The molecule has 0 aliphatic carbocycles. The highest BCUT2D eigenvalue weighted by atomic mass is 32.2. The van der Waals surface area contributed by atoms with E-state index >= 15 is 0 Å². The quantitative estimate of drug-likeness (QED) is 0.603. The molecule has 0 aliphatic heterocycles. The van der Waals surface area contributed by atoms with Crippen LogP contribution in [0.5, 0.6) is 0 Å². The summed E-state index contributed by atoms with van der Waals surface area (Å²) in [6.07, 6.45) is 0. The third-order valence-corrected chi connectivity index (χ3v) is 6.79. The molecule has 0 aromatic heterocycles. The van der Waals surface area contributed by atoms with E-state index < -0.39 is 24.8 Å². The minimum atomic E-state index is -4.06. The average molecular weight is 384 g/mol. The lowest BCUT2D eigenvalue weighted by Gasteiger charge is -2.11. The molecule has 0 spiro atoms. The van der Waals surface area contributed by atoms with E-state index in [1.165, 1.54) is 50.2 Å². The maximum absolute atomic E-state index is 12.5. The molecule has 0 unspecified atom stereocenters. The Bertz CT molecular complexity index is 1010. The first-order chi connectivity index (χ1) is 11.6. The molecule has 0 amide bonds. The summed E-state index contributed by atoms with van der Waals surface area (Å²) in [5.41, 5.74) is 0.166. The Morgan fingerprint density at radius 2 is 1.64 bits per heavy atom. The van der Waals surface area contributed by atoms with E-state index in [2.05, 4.69) is 4.72 Å². The summed E-state index contributed by atoms with van der Waals surface area (Å²) in [5, 5.41) is 10.8. The van der Waals surface area contributed by atoms with Gasteiger partial charge in [0.1, 0.15) is 0 Å². The number of benzene rings is 2. The van der Waals surface area contributed by atoms with Gasteiger partial charge in [-0.15, -0.1) is 0 Å². The van der Waals surface area contributed by atoms with Crippen molar-refractivity contribution >= 4 is 31.2 Å². The predicted molar refractivity (Wildman–Crippen MR) is 92.8 cm³/mol. The molecular weight excluding hydrogens is 368 g/mol. The van der Waals surface area contributed by atoms with Crippen molar-refractivity contribution in [1.82, 2.24) is 0 Å². The van der Waals surface area contributed by atoms with Crippen LogP contribution < -0.4 is 4.72 Å². The number of nitrogens with one attached hydrogen (secondary N) is 1. The highest BCUT2D eigenvalue weighted by Crippen LogP contribution is 2.24. The monoisotopic (exact) mass is 384 g/mol. The van der Waals surface area contributed by atoms with Crippen LogP contribution in [0.25, 0.3) is 0 Å². The highest BCUT2D eigenvalue weighted by Gasteiger charge is 2.21. The van der Waals surface area contributed by atoms with Crippen LogP contribution in [-0.2, 0) is 19.9 Å². The number of nitro groups is 1. The van der Waals surface area contributed by atoms with Gasteiger partial charge in [-0.3, -0.25) is 14.8 Å². The zero-order valence-electron chi connectivity index (χ0n) is 13.5. The van der Waals surface area contributed by atoms with Gasteiger partial charge >= 0.3 is 0 Å². The number of nitrogens with zero attached hydrogens (tertiary/aromatic N) is 1. The van der Waals surface area contributed by atoms with Crippen molar-refractivity contribution in [2.75, 3.05) is 10.5 Å². The first-order valence-corrected chi connectivity index (χ1v) is 10.3. The minimum Gasteiger partial charge on any atom is -0.280 e. The summed E-state index contributed by atoms with van der Waals surface area (Å²) >= 11 is 0. The molecule has 2 aromatic carbocycles. The molecular formula is C15H16N2O6S2. The van der Waals surface area contributed by atoms with Gasteiger partial charge in [-0.25, -0.2) is 16.8 Å². The number of rotatable bonds is 6. The van der Waals surface area contributed by atoms with Crippen LogP contribution >= 0.6 is 0 Å². The molecule has 0 saturated carbocycles. The predicted octanol–water partition coefficient (Wildman–Crippen LogP) is 2.50. The Hall–Kier alpha value is -2.46. The van der Waals surface area contributed by atoms with Crippen molar-refractivity contribution in [2.45, 2.75) is 23.6 Å². The number of nitro benzene ring substituents is 1. The molecule has 8 nitrogen and oxygen atoms in total. The summed E-state index contributed by atoms with van der Waals surface area (Å²) in [5.74, 6) is -0.0645. The van der Waals surface area contributed by atoms with Gasteiger partial charge in [-0.05, 0) is 36.8 Å². The number of aryl methyl sites for hydroxylation is 1. The zero-order valence-corrected chi connectivity index (χ0v) is 15.1. The first kappa shape index (κ1) is 18.9. The van der Waals surface area contributed by atoms with Crippen LogP contribution in [0.2, 0.25) is 0 Å². The van der Waals surface area contributed by atoms with E-state index in [4.69, 9.17) is 0 Å². The first-order valence-electron chi connectivity index (χ1n) is 7.17. The number of anilines is 1. The van der Waals surface area contributed by atoms with Gasteiger partial charge in [0.15, 0.2) is 9.84 Å². The molecule has 0 aliphatic rings. The second-order valence-electron chi connectivity index (χ2n) is 5.24. The third-order valence-electron chi connectivity index (χ3n) is 3.52.